The Morgan fingerprint density at radius 3 is 2.90 bits per heavy atom. The van der Waals surface area contributed by atoms with Gasteiger partial charge in [0.05, 0.1) is 6.04 Å². The standard InChI is InChI=1S/C16H23ClN2O2/c1-10(2)8-19-16(20)11(3)18-9-14-7-12-6-13(17)4-5-15(12)21-14/h4-6,10-11,14,18H,7-9H2,1-3H3,(H,19,20). The van der Waals surface area contributed by atoms with Crippen LogP contribution in [0.5, 0.6) is 5.75 Å². The van der Waals surface area contributed by atoms with Crippen molar-refractivity contribution in [2.24, 2.45) is 5.92 Å². The summed E-state index contributed by atoms with van der Waals surface area (Å²) >= 11 is 5.98. The fraction of sp³-hybridized carbons (Fsp3) is 0.562. The normalized spacial score (nSPS) is 18.2. The Bertz CT molecular complexity index is 505. The average Bonchev–Trinajstić information content (AvgIpc) is 2.83. The van der Waals surface area contributed by atoms with Crippen LogP contribution < -0.4 is 15.4 Å². The summed E-state index contributed by atoms with van der Waals surface area (Å²) in [5.41, 5.74) is 1.13. The predicted octanol–water partition coefficient (Wildman–Crippen LogP) is 2.39. The van der Waals surface area contributed by atoms with Gasteiger partial charge in [0.15, 0.2) is 0 Å². The summed E-state index contributed by atoms with van der Waals surface area (Å²) in [7, 11) is 0. The lowest BCUT2D eigenvalue weighted by atomic mass is 10.1. The van der Waals surface area contributed by atoms with Crippen molar-refractivity contribution < 1.29 is 9.53 Å². The number of halogens is 1. The maximum Gasteiger partial charge on any atom is 0.236 e. The smallest absolute Gasteiger partial charge is 0.236 e. The second-order valence-electron chi connectivity index (χ2n) is 5.96. The van der Waals surface area contributed by atoms with Gasteiger partial charge in [0, 0.05) is 24.5 Å². The van der Waals surface area contributed by atoms with Gasteiger partial charge in [0.1, 0.15) is 11.9 Å². The van der Waals surface area contributed by atoms with Gasteiger partial charge in [-0.3, -0.25) is 4.79 Å². The van der Waals surface area contributed by atoms with Crippen molar-refractivity contribution >= 4 is 17.5 Å². The molecule has 1 amide bonds. The quantitative estimate of drug-likeness (QED) is 0.848. The highest BCUT2D eigenvalue weighted by Gasteiger charge is 2.24. The van der Waals surface area contributed by atoms with Crippen molar-refractivity contribution in [2.75, 3.05) is 13.1 Å². The summed E-state index contributed by atoms with van der Waals surface area (Å²) in [6, 6.07) is 5.45. The van der Waals surface area contributed by atoms with E-state index >= 15 is 0 Å². The highest BCUT2D eigenvalue weighted by molar-refractivity contribution is 6.30. The van der Waals surface area contributed by atoms with E-state index in [0.29, 0.717) is 19.0 Å². The molecular formula is C16H23ClN2O2. The second-order valence-corrected chi connectivity index (χ2v) is 6.40. The monoisotopic (exact) mass is 310 g/mol. The summed E-state index contributed by atoms with van der Waals surface area (Å²) in [6.45, 7) is 7.37. The van der Waals surface area contributed by atoms with Gasteiger partial charge < -0.3 is 15.4 Å². The Morgan fingerprint density at radius 1 is 1.43 bits per heavy atom. The molecule has 21 heavy (non-hydrogen) atoms. The van der Waals surface area contributed by atoms with E-state index in [2.05, 4.69) is 24.5 Å². The lowest BCUT2D eigenvalue weighted by Gasteiger charge is -2.17. The van der Waals surface area contributed by atoms with Crippen molar-refractivity contribution in [1.82, 2.24) is 10.6 Å². The third-order valence-electron chi connectivity index (χ3n) is 3.49. The number of rotatable bonds is 6. The Morgan fingerprint density at radius 2 is 2.19 bits per heavy atom. The largest absolute Gasteiger partial charge is 0.488 e. The molecule has 2 unspecified atom stereocenters. The first kappa shape index (κ1) is 16.1. The molecule has 2 N–H and O–H groups in total. The van der Waals surface area contributed by atoms with Crippen molar-refractivity contribution in [3.63, 3.8) is 0 Å². The number of benzene rings is 1. The number of amides is 1. The molecule has 1 aromatic rings. The zero-order valence-corrected chi connectivity index (χ0v) is 13.5. The fourth-order valence-corrected chi connectivity index (χ4v) is 2.46. The molecule has 0 bridgehead atoms. The van der Waals surface area contributed by atoms with Gasteiger partial charge >= 0.3 is 0 Å². The van der Waals surface area contributed by atoms with Crippen LogP contribution in [-0.2, 0) is 11.2 Å². The lowest BCUT2D eigenvalue weighted by molar-refractivity contribution is -0.122. The molecule has 0 saturated carbocycles. The average molecular weight is 311 g/mol. The molecule has 116 valence electrons. The summed E-state index contributed by atoms with van der Waals surface area (Å²) in [6.07, 6.45) is 0.877. The molecule has 0 spiro atoms. The van der Waals surface area contributed by atoms with E-state index in [1.54, 1.807) is 0 Å². The highest BCUT2D eigenvalue weighted by Crippen LogP contribution is 2.30. The molecule has 0 aromatic heterocycles. The zero-order chi connectivity index (χ0) is 15.4. The van der Waals surface area contributed by atoms with Crippen LogP contribution in [-0.4, -0.2) is 31.1 Å². The maximum absolute atomic E-state index is 11.9. The Labute approximate surface area is 131 Å². The number of nitrogens with one attached hydrogen (secondary N) is 2. The molecule has 2 atom stereocenters. The van der Waals surface area contributed by atoms with E-state index in [-0.39, 0.29) is 18.1 Å². The minimum atomic E-state index is -0.223. The van der Waals surface area contributed by atoms with Crippen molar-refractivity contribution in [2.45, 2.75) is 39.3 Å². The van der Waals surface area contributed by atoms with Crippen LogP contribution in [0.25, 0.3) is 0 Å². The van der Waals surface area contributed by atoms with E-state index in [4.69, 9.17) is 16.3 Å². The van der Waals surface area contributed by atoms with Gasteiger partial charge in [-0.2, -0.15) is 0 Å². The molecular weight excluding hydrogens is 288 g/mol. The van der Waals surface area contributed by atoms with Gasteiger partial charge in [-0.15, -0.1) is 0 Å². The number of fused-ring (bicyclic) bond motifs is 1. The first-order chi connectivity index (χ1) is 9.95. The molecule has 1 aromatic carbocycles. The first-order valence-corrected chi connectivity index (χ1v) is 7.79. The zero-order valence-electron chi connectivity index (χ0n) is 12.8. The summed E-state index contributed by atoms with van der Waals surface area (Å²) in [5, 5.41) is 6.88. The van der Waals surface area contributed by atoms with Crippen LogP contribution in [0.3, 0.4) is 0 Å². The minimum absolute atomic E-state index is 0.0299. The van der Waals surface area contributed by atoms with Crippen LogP contribution in [0, 0.1) is 5.92 Å². The topological polar surface area (TPSA) is 50.4 Å². The van der Waals surface area contributed by atoms with Crippen LogP contribution in [0.1, 0.15) is 26.3 Å². The van der Waals surface area contributed by atoms with Crippen molar-refractivity contribution in [3.05, 3.63) is 28.8 Å². The van der Waals surface area contributed by atoms with Crippen molar-refractivity contribution in [1.29, 1.82) is 0 Å². The highest BCUT2D eigenvalue weighted by atomic mass is 35.5. The van der Waals surface area contributed by atoms with Gasteiger partial charge in [-0.25, -0.2) is 0 Å². The molecule has 0 aliphatic carbocycles. The molecule has 2 rings (SSSR count). The third-order valence-corrected chi connectivity index (χ3v) is 3.73. The summed E-state index contributed by atoms with van der Waals surface area (Å²) in [5.74, 6) is 1.38. The molecule has 5 heteroatoms. The van der Waals surface area contributed by atoms with E-state index < -0.39 is 0 Å². The third kappa shape index (κ3) is 4.61. The van der Waals surface area contributed by atoms with Gasteiger partial charge in [0.25, 0.3) is 0 Å². The van der Waals surface area contributed by atoms with E-state index in [0.717, 1.165) is 22.8 Å². The van der Waals surface area contributed by atoms with Crippen LogP contribution in [0.15, 0.2) is 18.2 Å². The van der Waals surface area contributed by atoms with Crippen molar-refractivity contribution in [3.8, 4) is 5.75 Å². The lowest BCUT2D eigenvalue weighted by Crippen LogP contribution is -2.46. The van der Waals surface area contributed by atoms with Crippen LogP contribution >= 0.6 is 11.6 Å². The Balaban J connectivity index is 1.76. The number of ether oxygens (including phenoxy) is 1. The van der Waals surface area contributed by atoms with Gasteiger partial charge in [0.2, 0.25) is 5.91 Å². The number of carbonyl (C=O) groups is 1. The Kier molecular flexibility index (Phi) is 5.48. The number of hydrogen-bond acceptors (Lipinski definition) is 3. The molecule has 0 fully saturated rings. The predicted molar refractivity (Wildman–Crippen MR) is 84.9 cm³/mol. The first-order valence-electron chi connectivity index (χ1n) is 7.42. The fourth-order valence-electron chi connectivity index (χ4n) is 2.26. The maximum atomic E-state index is 11.9. The Hall–Kier alpha value is -1.26. The molecule has 0 radical (unpaired) electrons. The molecule has 1 aliphatic heterocycles. The number of carbonyl (C=O) groups excluding carboxylic acids is 1. The molecule has 0 saturated heterocycles. The number of hydrogen-bond donors (Lipinski definition) is 2. The van der Waals surface area contributed by atoms with E-state index in [9.17, 15) is 4.79 Å². The molecule has 1 heterocycles. The van der Waals surface area contributed by atoms with Gasteiger partial charge in [-0.05, 0) is 36.6 Å². The van der Waals surface area contributed by atoms with Crippen LogP contribution in [0.4, 0.5) is 0 Å². The van der Waals surface area contributed by atoms with Crippen LogP contribution in [0.2, 0.25) is 5.02 Å². The minimum Gasteiger partial charge on any atom is -0.488 e. The van der Waals surface area contributed by atoms with E-state index in [1.807, 2.05) is 25.1 Å². The summed E-state index contributed by atoms with van der Waals surface area (Å²) < 4.78 is 5.84. The van der Waals surface area contributed by atoms with Gasteiger partial charge in [-0.1, -0.05) is 25.4 Å². The second kappa shape index (κ2) is 7.14. The van der Waals surface area contributed by atoms with E-state index in [1.165, 1.54) is 0 Å². The SMILES string of the molecule is CC(C)CNC(=O)C(C)NCC1Cc2cc(Cl)ccc2O1. The summed E-state index contributed by atoms with van der Waals surface area (Å²) in [4.78, 5) is 11.9. The molecule has 1 aliphatic rings. The molecule has 4 nitrogen and oxygen atoms in total.